The largest absolute Gasteiger partial charge is 0.441 e. The van der Waals surface area contributed by atoms with E-state index in [1.165, 1.54) is 6.07 Å². The van der Waals surface area contributed by atoms with Crippen LogP contribution in [-0.4, -0.2) is 12.0 Å². The lowest BCUT2D eigenvalue weighted by Crippen LogP contribution is -2.19. The first kappa shape index (κ1) is 14.0. The normalized spacial score (nSPS) is 12.7. The second-order valence-corrected chi connectivity index (χ2v) is 5.14. The lowest BCUT2D eigenvalue weighted by Gasteiger charge is -2.16. The van der Waals surface area contributed by atoms with Crippen molar-refractivity contribution in [3.8, 4) is 0 Å². The van der Waals surface area contributed by atoms with Gasteiger partial charge in [0, 0.05) is 12.5 Å². The van der Waals surface area contributed by atoms with Crippen molar-refractivity contribution in [1.29, 1.82) is 0 Å². The first-order valence-electron chi connectivity index (χ1n) is 6.64. The van der Waals surface area contributed by atoms with E-state index in [1.54, 1.807) is 19.2 Å². The Morgan fingerprint density at radius 3 is 2.81 bits per heavy atom. The van der Waals surface area contributed by atoms with Crippen molar-refractivity contribution in [3.05, 3.63) is 64.8 Å². The lowest BCUT2D eigenvalue weighted by atomic mass is 10.0. The van der Waals surface area contributed by atoms with Crippen LogP contribution in [0.3, 0.4) is 0 Å². The zero-order valence-electron chi connectivity index (χ0n) is 11.4. The predicted molar refractivity (Wildman–Crippen MR) is 80.9 cm³/mol. The first-order chi connectivity index (χ1) is 10.2. The monoisotopic (exact) mass is 304 g/mol. The Hall–Kier alpha value is -1.91. The van der Waals surface area contributed by atoms with Gasteiger partial charge in [-0.1, -0.05) is 35.9 Å². The number of benzene rings is 2. The zero-order chi connectivity index (χ0) is 14.8. The molecule has 21 heavy (non-hydrogen) atoms. The van der Waals surface area contributed by atoms with Gasteiger partial charge in [-0.05, 0) is 30.8 Å². The van der Waals surface area contributed by atoms with Gasteiger partial charge in [-0.15, -0.1) is 0 Å². The molecule has 2 aromatic carbocycles. The molecule has 1 unspecified atom stereocenters. The number of nitrogens with zero attached hydrogens (tertiary/aromatic N) is 1. The molecule has 1 atom stereocenters. The molecule has 0 bridgehead atoms. The van der Waals surface area contributed by atoms with Crippen molar-refractivity contribution in [2.24, 2.45) is 0 Å². The number of halogens is 2. The van der Waals surface area contributed by atoms with Gasteiger partial charge < -0.3 is 9.73 Å². The molecule has 0 saturated carbocycles. The average molecular weight is 305 g/mol. The van der Waals surface area contributed by atoms with E-state index in [-0.39, 0.29) is 11.1 Å². The Morgan fingerprint density at radius 1 is 1.24 bits per heavy atom. The van der Waals surface area contributed by atoms with Crippen molar-refractivity contribution in [1.82, 2.24) is 10.3 Å². The molecule has 3 aromatic rings. The molecule has 0 amide bonds. The third-order valence-corrected chi connectivity index (χ3v) is 3.82. The number of nitrogens with one attached hydrogen (secondary N) is 1. The smallest absolute Gasteiger partial charge is 0.197 e. The Bertz CT molecular complexity index is 739. The zero-order valence-corrected chi connectivity index (χ0v) is 12.2. The van der Waals surface area contributed by atoms with Crippen LogP contribution in [-0.2, 0) is 6.42 Å². The second kappa shape index (κ2) is 5.84. The minimum atomic E-state index is -0.424. The molecule has 3 nitrogen and oxygen atoms in total. The van der Waals surface area contributed by atoms with Gasteiger partial charge in [0.25, 0.3) is 0 Å². The molecule has 0 aliphatic rings. The summed E-state index contributed by atoms with van der Waals surface area (Å²) in [5.74, 6) is 0.169. The van der Waals surface area contributed by atoms with Gasteiger partial charge in [0.1, 0.15) is 11.3 Å². The van der Waals surface area contributed by atoms with Crippen molar-refractivity contribution in [2.45, 2.75) is 12.5 Å². The van der Waals surface area contributed by atoms with E-state index in [4.69, 9.17) is 16.0 Å². The number of para-hydroxylation sites is 2. The van der Waals surface area contributed by atoms with E-state index in [9.17, 15) is 4.39 Å². The van der Waals surface area contributed by atoms with Crippen LogP contribution in [0.25, 0.3) is 11.1 Å². The summed E-state index contributed by atoms with van der Waals surface area (Å²) < 4.78 is 19.3. The molecule has 0 aliphatic carbocycles. The quantitative estimate of drug-likeness (QED) is 0.788. The van der Waals surface area contributed by atoms with Gasteiger partial charge in [-0.2, -0.15) is 0 Å². The van der Waals surface area contributed by atoms with Crippen LogP contribution in [0.5, 0.6) is 0 Å². The topological polar surface area (TPSA) is 38.1 Å². The average Bonchev–Trinajstić information content (AvgIpc) is 2.90. The first-order valence-corrected chi connectivity index (χ1v) is 7.02. The standard InChI is InChI=1S/C16H14ClFN2O/c1-19-13(10-5-4-6-11(18)16(10)17)9-15-20-12-7-2-3-8-14(12)21-15/h2-8,13,19H,9H2,1H3. The van der Waals surface area contributed by atoms with Gasteiger partial charge in [-0.3, -0.25) is 0 Å². The molecule has 0 radical (unpaired) electrons. The van der Waals surface area contributed by atoms with E-state index >= 15 is 0 Å². The molecule has 0 saturated heterocycles. The second-order valence-electron chi connectivity index (χ2n) is 4.76. The van der Waals surface area contributed by atoms with Gasteiger partial charge in [0.05, 0.1) is 5.02 Å². The highest BCUT2D eigenvalue weighted by molar-refractivity contribution is 6.31. The van der Waals surface area contributed by atoms with Crippen LogP contribution in [0.1, 0.15) is 17.5 Å². The van der Waals surface area contributed by atoms with Crippen molar-refractivity contribution < 1.29 is 8.81 Å². The van der Waals surface area contributed by atoms with Crippen LogP contribution in [0.15, 0.2) is 46.9 Å². The molecule has 0 spiro atoms. The molecule has 108 valence electrons. The summed E-state index contributed by atoms with van der Waals surface area (Å²) >= 11 is 6.05. The van der Waals surface area contributed by atoms with Crippen molar-refractivity contribution in [3.63, 3.8) is 0 Å². The van der Waals surface area contributed by atoms with E-state index in [0.29, 0.717) is 17.9 Å². The third kappa shape index (κ3) is 2.77. The molecular weight excluding hydrogens is 291 g/mol. The van der Waals surface area contributed by atoms with E-state index < -0.39 is 5.82 Å². The molecule has 1 N–H and O–H groups in total. The summed E-state index contributed by atoms with van der Waals surface area (Å²) in [5.41, 5.74) is 2.25. The van der Waals surface area contributed by atoms with Crippen LogP contribution < -0.4 is 5.32 Å². The fourth-order valence-corrected chi connectivity index (χ4v) is 2.60. The van der Waals surface area contributed by atoms with Crippen LogP contribution >= 0.6 is 11.6 Å². The molecule has 0 aliphatic heterocycles. The molecular formula is C16H14ClFN2O. The van der Waals surface area contributed by atoms with Crippen LogP contribution in [0.2, 0.25) is 5.02 Å². The third-order valence-electron chi connectivity index (χ3n) is 3.42. The lowest BCUT2D eigenvalue weighted by molar-refractivity contribution is 0.472. The summed E-state index contributed by atoms with van der Waals surface area (Å²) in [4.78, 5) is 4.43. The molecule has 5 heteroatoms. The summed E-state index contributed by atoms with van der Waals surface area (Å²) in [6.07, 6.45) is 0.494. The van der Waals surface area contributed by atoms with Crippen molar-refractivity contribution in [2.75, 3.05) is 7.05 Å². The number of aromatic nitrogens is 1. The summed E-state index contributed by atoms with van der Waals surface area (Å²) in [6.45, 7) is 0. The van der Waals surface area contributed by atoms with Gasteiger partial charge >= 0.3 is 0 Å². The maximum atomic E-state index is 13.6. The van der Waals surface area contributed by atoms with Gasteiger partial charge in [-0.25, -0.2) is 9.37 Å². The molecule has 1 aromatic heterocycles. The summed E-state index contributed by atoms with van der Waals surface area (Å²) in [5, 5.41) is 3.26. The summed E-state index contributed by atoms with van der Waals surface area (Å²) in [7, 11) is 1.80. The fourth-order valence-electron chi connectivity index (χ4n) is 2.34. The minimum Gasteiger partial charge on any atom is -0.441 e. The number of fused-ring (bicyclic) bond motifs is 1. The number of hydrogen-bond acceptors (Lipinski definition) is 3. The van der Waals surface area contributed by atoms with Crippen molar-refractivity contribution >= 4 is 22.7 Å². The Morgan fingerprint density at radius 2 is 2.05 bits per heavy atom. The SMILES string of the molecule is CNC(Cc1nc2ccccc2o1)c1cccc(F)c1Cl. The highest BCUT2D eigenvalue weighted by Gasteiger charge is 2.18. The fraction of sp³-hybridized carbons (Fsp3) is 0.188. The highest BCUT2D eigenvalue weighted by atomic mass is 35.5. The number of rotatable bonds is 4. The van der Waals surface area contributed by atoms with E-state index in [0.717, 1.165) is 11.1 Å². The van der Waals surface area contributed by atoms with Gasteiger partial charge in [0.2, 0.25) is 0 Å². The number of oxazole rings is 1. The Balaban J connectivity index is 1.92. The number of hydrogen-bond donors (Lipinski definition) is 1. The predicted octanol–water partition coefficient (Wildman–Crippen LogP) is 4.12. The Kier molecular flexibility index (Phi) is 3.90. The molecule has 3 rings (SSSR count). The van der Waals surface area contributed by atoms with E-state index in [1.807, 2.05) is 24.3 Å². The molecule has 0 fully saturated rings. The maximum Gasteiger partial charge on any atom is 0.197 e. The van der Waals surface area contributed by atoms with Crippen LogP contribution in [0.4, 0.5) is 4.39 Å². The molecule has 1 heterocycles. The van der Waals surface area contributed by atoms with Gasteiger partial charge in [0.15, 0.2) is 11.5 Å². The van der Waals surface area contributed by atoms with Crippen LogP contribution in [0, 0.1) is 5.82 Å². The number of likely N-dealkylation sites (N-methyl/N-ethyl adjacent to an activating group) is 1. The highest BCUT2D eigenvalue weighted by Crippen LogP contribution is 2.28. The summed E-state index contributed by atoms with van der Waals surface area (Å²) in [6, 6.07) is 12.2. The van der Waals surface area contributed by atoms with E-state index in [2.05, 4.69) is 10.3 Å². The Labute approximate surface area is 126 Å². The maximum absolute atomic E-state index is 13.6. The minimum absolute atomic E-state index is 0.132.